The number of ether oxygens (including phenoxy) is 3. The minimum Gasteiger partial charge on any atom is -0.376 e. The molecule has 0 spiro atoms. The van der Waals surface area contributed by atoms with Gasteiger partial charge in [0.25, 0.3) is 5.56 Å². The topological polar surface area (TPSA) is 120 Å². The summed E-state index contributed by atoms with van der Waals surface area (Å²) in [5.74, 6) is -0.277. The first kappa shape index (κ1) is 21.0. The minimum atomic E-state index is -0.440. The second-order valence-electron chi connectivity index (χ2n) is 6.66. The van der Waals surface area contributed by atoms with Crippen LogP contribution in [-0.2, 0) is 25.7 Å². The Hall–Kier alpha value is -2.30. The Labute approximate surface area is 157 Å². The highest BCUT2D eigenvalue weighted by molar-refractivity contribution is 5.87. The summed E-state index contributed by atoms with van der Waals surface area (Å²) in [7, 11) is 0. The number of carbonyl (C=O) groups is 1. The largest absolute Gasteiger partial charge is 0.376 e. The summed E-state index contributed by atoms with van der Waals surface area (Å²) in [4.78, 5) is 34.1. The van der Waals surface area contributed by atoms with Crippen molar-refractivity contribution in [1.82, 2.24) is 19.5 Å². The van der Waals surface area contributed by atoms with Gasteiger partial charge in [-0.1, -0.05) is 0 Å². The molecule has 0 atom stereocenters. The molecule has 0 unspecified atom stereocenters. The maximum atomic E-state index is 12.1. The van der Waals surface area contributed by atoms with Crippen LogP contribution in [0.15, 0.2) is 11.1 Å². The maximum Gasteiger partial charge on any atom is 0.280 e. The van der Waals surface area contributed by atoms with Crippen molar-refractivity contribution in [3.05, 3.63) is 16.7 Å². The number of carbonyl (C=O) groups excluding carboxylic acids is 1. The molecule has 2 rings (SSSR count). The highest BCUT2D eigenvalue weighted by atomic mass is 16.6. The number of imidazole rings is 1. The Balaban J connectivity index is 2.13. The Bertz CT molecular complexity index is 802. The molecule has 2 heterocycles. The Morgan fingerprint density at radius 1 is 1.19 bits per heavy atom. The van der Waals surface area contributed by atoms with E-state index in [1.807, 2.05) is 27.7 Å². The monoisotopic (exact) mass is 381 g/mol. The average molecular weight is 381 g/mol. The predicted molar refractivity (Wildman–Crippen MR) is 99.5 cm³/mol. The molecule has 10 heteroatoms. The number of anilines is 1. The first-order chi connectivity index (χ1) is 12.8. The van der Waals surface area contributed by atoms with Crippen molar-refractivity contribution in [3.8, 4) is 0 Å². The standard InChI is InChI=1S/C17H27N5O5/c1-10(2)25-6-13(7-26-11(3)4)27-9-22-8-18-14-15(22)20-17(19-12(5)23)21-16(14)24/h8,10-11,13H,6-7,9H2,1-5H3,(H2,19,20,21,23,24). The van der Waals surface area contributed by atoms with E-state index < -0.39 is 5.56 Å². The fourth-order valence-electron chi connectivity index (χ4n) is 2.20. The molecule has 150 valence electrons. The lowest BCUT2D eigenvalue weighted by Crippen LogP contribution is -2.29. The number of aromatic amines is 1. The van der Waals surface area contributed by atoms with E-state index in [0.29, 0.717) is 18.9 Å². The molecule has 0 fully saturated rings. The average Bonchev–Trinajstić information content (AvgIpc) is 2.96. The van der Waals surface area contributed by atoms with Crippen molar-refractivity contribution in [2.75, 3.05) is 18.5 Å². The van der Waals surface area contributed by atoms with E-state index in [2.05, 4.69) is 20.3 Å². The molecular weight excluding hydrogens is 354 g/mol. The van der Waals surface area contributed by atoms with Gasteiger partial charge in [-0.2, -0.15) is 4.98 Å². The molecule has 2 N–H and O–H groups in total. The van der Waals surface area contributed by atoms with Crippen LogP contribution < -0.4 is 10.9 Å². The SMILES string of the molecule is CC(=O)Nc1nc2c(ncn2COC(COC(C)C)COC(C)C)c(=O)[nH]1. The third-order valence-electron chi connectivity index (χ3n) is 3.45. The van der Waals surface area contributed by atoms with Crippen LogP contribution in [0.25, 0.3) is 11.2 Å². The van der Waals surface area contributed by atoms with E-state index in [1.54, 1.807) is 4.57 Å². The Kier molecular flexibility index (Phi) is 7.45. The number of hydrogen-bond donors (Lipinski definition) is 2. The number of hydrogen-bond acceptors (Lipinski definition) is 7. The summed E-state index contributed by atoms with van der Waals surface area (Å²) < 4.78 is 18.7. The second-order valence-corrected chi connectivity index (χ2v) is 6.66. The Morgan fingerprint density at radius 2 is 1.81 bits per heavy atom. The van der Waals surface area contributed by atoms with Crippen molar-refractivity contribution in [2.24, 2.45) is 0 Å². The van der Waals surface area contributed by atoms with Gasteiger partial charge >= 0.3 is 0 Å². The second kappa shape index (κ2) is 9.58. The van der Waals surface area contributed by atoms with Gasteiger partial charge in [0.2, 0.25) is 11.9 Å². The molecule has 0 saturated heterocycles. The van der Waals surface area contributed by atoms with E-state index in [4.69, 9.17) is 14.2 Å². The number of amides is 1. The Morgan fingerprint density at radius 3 is 2.37 bits per heavy atom. The van der Waals surface area contributed by atoms with Crippen LogP contribution in [0.4, 0.5) is 5.95 Å². The molecule has 0 aliphatic heterocycles. The normalized spacial score (nSPS) is 11.9. The summed E-state index contributed by atoms with van der Waals surface area (Å²) in [5, 5.41) is 2.46. The molecule has 0 aromatic carbocycles. The van der Waals surface area contributed by atoms with Crippen LogP contribution in [0.2, 0.25) is 0 Å². The van der Waals surface area contributed by atoms with Crippen molar-refractivity contribution in [1.29, 1.82) is 0 Å². The van der Waals surface area contributed by atoms with E-state index >= 15 is 0 Å². The highest BCUT2D eigenvalue weighted by Crippen LogP contribution is 2.10. The van der Waals surface area contributed by atoms with Crippen LogP contribution in [0.1, 0.15) is 34.6 Å². The first-order valence-electron chi connectivity index (χ1n) is 8.83. The molecular formula is C17H27N5O5. The van der Waals surface area contributed by atoms with Crippen LogP contribution >= 0.6 is 0 Å². The van der Waals surface area contributed by atoms with Gasteiger partial charge in [-0.15, -0.1) is 0 Å². The number of fused-ring (bicyclic) bond motifs is 1. The number of nitrogens with zero attached hydrogens (tertiary/aromatic N) is 3. The molecule has 0 aliphatic rings. The minimum absolute atomic E-state index is 0.0598. The van der Waals surface area contributed by atoms with E-state index in [1.165, 1.54) is 13.3 Å². The number of H-pyrrole nitrogens is 1. The van der Waals surface area contributed by atoms with Gasteiger partial charge in [0.05, 0.1) is 31.7 Å². The molecule has 0 saturated carbocycles. The number of rotatable bonds is 10. The molecule has 0 bridgehead atoms. The first-order valence-corrected chi connectivity index (χ1v) is 8.83. The lowest BCUT2D eigenvalue weighted by Gasteiger charge is -2.21. The zero-order valence-corrected chi connectivity index (χ0v) is 16.3. The summed E-state index contributed by atoms with van der Waals surface area (Å²) >= 11 is 0. The molecule has 0 radical (unpaired) electrons. The third-order valence-corrected chi connectivity index (χ3v) is 3.45. The summed E-state index contributed by atoms with van der Waals surface area (Å²) in [5.41, 5.74) is 0.0438. The van der Waals surface area contributed by atoms with E-state index in [9.17, 15) is 9.59 Å². The fourth-order valence-corrected chi connectivity index (χ4v) is 2.20. The van der Waals surface area contributed by atoms with Gasteiger partial charge < -0.3 is 14.2 Å². The van der Waals surface area contributed by atoms with Crippen molar-refractivity contribution >= 4 is 23.0 Å². The van der Waals surface area contributed by atoms with Crippen molar-refractivity contribution < 1.29 is 19.0 Å². The third kappa shape index (κ3) is 6.42. The van der Waals surface area contributed by atoms with E-state index in [0.717, 1.165) is 0 Å². The summed E-state index contributed by atoms with van der Waals surface area (Å²) in [6, 6.07) is 0. The van der Waals surface area contributed by atoms with Gasteiger partial charge in [-0.05, 0) is 27.7 Å². The molecule has 1 amide bonds. The van der Waals surface area contributed by atoms with Gasteiger partial charge in [-0.3, -0.25) is 24.5 Å². The van der Waals surface area contributed by atoms with Crippen LogP contribution in [0, 0.1) is 0 Å². The molecule has 2 aromatic rings. The lowest BCUT2D eigenvalue weighted by molar-refractivity contribution is -0.114. The van der Waals surface area contributed by atoms with Crippen LogP contribution in [0.5, 0.6) is 0 Å². The van der Waals surface area contributed by atoms with Crippen LogP contribution in [0.3, 0.4) is 0 Å². The maximum absolute atomic E-state index is 12.1. The van der Waals surface area contributed by atoms with Crippen molar-refractivity contribution in [3.63, 3.8) is 0 Å². The number of nitrogens with one attached hydrogen (secondary N) is 2. The van der Waals surface area contributed by atoms with Gasteiger partial charge in [0.15, 0.2) is 11.2 Å². The molecule has 27 heavy (non-hydrogen) atoms. The van der Waals surface area contributed by atoms with Crippen molar-refractivity contribution in [2.45, 2.75) is 59.7 Å². The predicted octanol–water partition coefficient (Wildman–Crippen LogP) is 1.27. The molecule has 2 aromatic heterocycles. The zero-order chi connectivity index (χ0) is 20.0. The van der Waals surface area contributed by atoms with Gasteiger partial charge in [0, 0.05) is 6.92 Å². The number of aromatic nitrogens is 4. The molecule has 10 nitrogen and oxygen atoms in total. The molecule has 0 aliphatic carbocycles. The quantitative estimate of drug-likeness (QED) is 0.636. The van der Waals surface area contributed by atoms with Gasteiger partial charge in [-0.25, -0.2) is 4.98 Å². The highest BCUT2D eigenvalue weighted by Gasteiger charge is 2.15. The smallest absolute Gasteiger partial charge is 0.280 e. The van der Waals surface area contributed by atoms with E-state index in [-0.39, 0.29) is 42.4 Å². The zero-order valence-electron chi connectivity index (χ0n) is 16.3. The summed E-state index contributed by atoms with van der Waals surface area (Å²) in [6.07, 6.45) is 1.33. The van der Waals surface area contributed by atoms with Gasteiger partial charge in [0.1, 0.15) is 12.8 Å². The van der Waals surface area contributed by atoms with Crippen LogP contribution in [-0.4, -0.2) is 57.0 Å². The lowest BCUT2D eigenvalue weighted by atomic mass is 10.3. The summed E-state index contributed by atoms with van der Waals surface area (Å²) in [6.45, 7) is 9.99. The fraction of sp³-hybridized carbons (Fsp3) is 0.647.